The van der Waals surface area contributed by atoms with Gasteiger partial charge in [-0.25, -0.2) is 0 Å². The molecule has 0 amide bonds. The Morgan fingerprint density at radius 1 is 0.362 bits per heavy atom. The number of Topliss-reactive ketones (excluding diaryl/α,β-unsaturated/α-hetero) is 7. The third-order valence-corrected chi connectivity index (χ3v) is 11.3. The van der Waals surface area contributed by atoms with Gasteiger partial charge in [0.1, 0.15) is 40.5 Å². The Bertz CT molecular complexity index is 1530. The molecule has 396 valence electrons. The van der Waals surface area contributed by atoms with Crippen LogP contribution in [0.3, 0.4) is 0 Å². The smallest absolute Gasteiger partial charge is 0.305 e. The third kappa shape index (κ3) is 54.7. The summed E-state index contributed by atoms with van der Waals surface area (Å²) in [5.74, 6) is 1.01. The molecule has 0 spiro atoms. The van der Waals surface area contributed by atoms with Crippen molar-refractivity contribution in [2.24, 2.45) is 29.6 Å². The summed E-state index contributed by atoms with van der Waals surface area (Å²) in [5, 5.41) is 0. The molecule has 0 aromatic carbocycles. The highest BCUT2D eigenvalue weighted by Gasteiger charge is 2.16. The molecule has 0 aliphatic rings. The van der Waals surface area contributed by atoms with Crippen LogP contribution in [0, 0.1) is 29.6 Å². The molecule has 69 heavy (non-hydrogen) atoms. The van der Waals surface area contributed by atoms with Crippen LogP contribution in [0.1, 0.15) is 237 Å². The number of ketones is 7. The number of esters is 2. The second-order valence-electron chi connectivity index (χ2n) is 19.8. The molecule has 0 saturated carbocycles. The molecule has 11 heteroatoms. The molecule has 0 aliphatic heterocycles. The van der Waals surface area contributed by atoms with Crippen molar-refractivity contribution in [1.82, 2.24) is 0 Å². The monoisotopic (exact) mass is 971 g/mol. The van der Waals surface area contributed by atoms with Gasteiger partial charge in [-0.05, 0) is 144 Å². The van der Waals surface area contributed by atoms with Crippen LogP contribution in [0.2, 0.25) is 0 Å². The maximum absolute atomic E-state index is 11.5. The fourth-order valence-electron chi connectivity index (χ4n) is 6.93. The summed E-state index contributed by atoms with van der Waals surface area (Å²) in [6.07, 6.45) is 33.4. The first-order valence-electron chi connectivity index (χ1n) is 26.3. The van der Waals surface area contributed by atoms with Crippen molar-refractivity contribution < 1.29 is 52.6 Å². The SMILES string of the molecule is CC(=O)CC(C/C=C/CCCCCCC(=O)OCC(C)C)C(C)=O.CC(=O)CC(C/C=C/CCCCCCC(=O)OCCC(C)C)C(C)=O.CC(=O)CCCCCC/C=C/CC(CC(C)=O)C(C)=O. The molecule has 3 atom stereocenters. The molecule has 11 nitrogen and oxygen atoms in total. The molecule has 0 bridgehead atoms. The molecule has 3 unspecified atom stereocenters. The lowest BCUT2D eigenvalue weighted by atomic mass is 9.95. The average molecular weight is 971 g/mol. The van der Waals surface area contributed by atoms with Crippen LogP contribution >= 0.6 is 0 Å². The second-order valence-corrected chi connectivity index (χ2v) is 19.8. The lowest BCUT2D eigenvalue weighted by Crippen LogP contribution is -2.13. The van der Waals surface area contributed by atoms with E-state index in [1.165, 1.54) is 20.8 Å². The minimum Gasteiger partial charge on any atom is -0.466 e. The molecule has 0 aromatic rings. The summed E-state index contributed by atoms with van der Waals surface area (Å²) >= 11 is 0. The number of rotatable bonds is 41. The van der Waals surface area contributed by atoms with Crippen LogP contribution in [-0.2, 0) is 52.6 Å². The van der Waals surface area contributed by atoms with Crippen molar-refractivity contribution in [2.75, 3.05) is 13.2 Å². The first-order chi connectivity index (χ1) is 32.6. The maximum atomic E-state index is 11.5. The normalized spacial score (nSPS) is 12.5. The van der Waals surface area contributed by atoms with E-state index in [1.807, 2.05) is 32.1 Å². The third-order valence-electron chi connectivity index (χ3n) is 11.3. The minimum atomic E-state index is -0.171. The Morgan fingerprint density at radius 2 is 0.681 bits per heavy atom. The van der Waals surface area contributed by atoms with Gasteiger partial charge in [-0.15, -0.1) is 0 Å². The topological polar surface area (TPSA) is 172 Å². The number of hydrogen-bond donors (Lipinski definition) is 0. The summed E-state index contributed by atoms with van der Waals surface area (Å²) in [7, 11) is 0. The van der Waals surface area contributed by atoms with Crippen molar-refractivity contribution in [2.45, 2.75) is 237 Å². The van der Waals surface area contributed by atoms with E-state index in [9.17, 15) is 43.2 Å². The Hall–Kier alpha value is -4.15. The molecule has 0 saturated heterocycles. The molecule has 0 N–H and O–H groups in total. The van der Waals surface area contributed by atoms with Gasteiger partial charge in [-0.1, -0.05) is 103 Å². The van der Waals surface area contributed by atoms with Crippen LogP contribution in [0.15, 0.2) is 36.5 Å². The first kappa shape index (κ1) is 69.1. The lowest BCUT2D eigenvalue weighted by molar-refractivity contribution is -0.145. The number of carbonyl (C=O) groups is 9. The number of unbranched alkanes of at least 4 members (excludes halogenated alkanes) is 12. The van der Waals surface area contributed by atoms with Gasteiger partial charge in [0.05, 0.1) is 13.2 Å². The fraction of sp³-hybridized carbons (Fsp3) is 0.741. The lowest BCUT2D eigenvalue weighted by Gasteiger charge is -2.08. The fourth-order valence-corrected chi connectivity index (χ4v) is 6.93. The molecular formula is C58H98O11. The number of allylic oxidation sites excluding steroid dienone is 6. The predicted octanol–water partition coefficient (Wildman–Crippen LogP) is 13.8. The Morgan fingerprint density at radius 3 is 0.971 bits per heavy atom. The highest BCUT2D eigenvalue weighted by Crippen LogP contribution is 2.16. The van der Waals surface area contributed by atoms with Crippen LogP contribution in [0.5, 0.6) is 0 Å². The van der Waals surface area contributed by atoms with E-state index in [-0.39, 0.29) is 70.2 Å². The van der Waals surface area contributed by atoms with Crippen LogP contribution in [-0.4, -0.2) is 65.6 Å². The van der Waals surface area contributed by atoms with Gasteiger partial charge >= 0.3 is 11.9 Å². The van der Waals surface area contributed by atoms with Crippen molar-refractivity contribution in [1.29, 1.82) is 0 Å². The first-order valence-corrected chi connectivity index (χ1v) is 26.3. The highest BCUT2D eigenvalue weighted by molar-refractivity contribution is 5.86. The second kappa shape index (κ2) is 47.5. The van der Waals surface area contributed by atoms with Crippen molar-refractivity contribution in [3.63, 3.8) is 0 Å². The quantitative estimate of drug-likeness (QED) is 0.0324. The molecule has 0 heterocycles. The van der Waals surface area contributed by atoms with Gasteiger partial charge in [0.2, 0.25) is 0 Å². The summed E-state index contributed by atoms with van der Waals surface area (Å²) in [4.78, 5) is 101. The molecule has 0 rings (SSSR count). The largest absolute Gasteiger partial charge is 0.466 e. The van der Waals surface area contributed by atoms with Gasteiger partial charge < -0.3 is 28.7 Å². The van der Waals surface area contributed by atoms with Crippen LogP contribution in [0.25, 0.3) is 0 Å². The Kier molecular flexibility index (Phi) is 47.6. The van der Waals surface area contributed by atoms with E-state index in [2.05, 4.69) is 32.1 Å². The zero-order valence-electron chi connectivity index (χ0n) is 45.4. The van der Waals surface area contributed by atoms with Crippen LogP contribution in [0.4, 0.5) is 0 Å². The summed E-state index contributed by atoms with van der Waals surface area (Å²) in [6.45, 7) is 20.2. The molecular weight excluding hydrogens is 873 g/mol. The number of carbonyl (C=O) groups excluding carboxylic acids is 9. The summed E-state index contributed by atoms with van der Waals surface area (Å²) < 4.78 is 10.3. The minimum absolute atomic E-state index is 0.0653. The summed E-state index contributed by atoms with van der Waals surface area (Å²) in [5.41, 5.74) is 0. The molecule has 0 aromatic heterocycles. The van der Waals surface area contributed by atoms with Gasteiger partial charge in [-0.3, -0.25) is 24.0 Å². The van der Waals surface area contributed by atoms with E-state index in [0.717, 1.165) is 103 Å². The number of hydrogen-bond acceptors (Lipinski definition) is 11. The molecule has 0 aliphatic carbocycles. The molecule has 0 radical (unpaired) electrons. The zero-order chi connectivity index (χ0) is 52.8. The molecule has 0 fully saturated rings. The zero-order valence-corrected chi connectivity index (χ0v) is 45.4. The van der Waals surface area contributed by atoms with Crippen molar-refractivity contribution in [3.05, 3.63) is 36.5 Å². The Balaban J connectivity index is -0.000000953. The summed E-state index contributed by atoms with van der Waals surface area (Å²) in [6, 6.07) is 0. The van der Waals surface area contributed by atoms with E-state index >= 15 is 0 Å². The van der Waals surface area contributed by atoms with Crippen molar-refractivity contribution in [3.8, 4) is 0 Å². The van der Waals surface area contributed by atoms with E-state index in [4.69, 9.17) is 9.47 Å². The van der Waals surface area contributed by atoms with Gasteiger partial charge in [0.15, 0.2) is 0 Å². The van der Waals surface area contributed by atoms with Gasteiger partial charge in [-0.2, -0.15) is 0 Å². The van der Waals surface area contributed by atoms with Gasteiger partial charge in [0.25, 0.3) is 0 Å². The van der Waals surface area contributed by atoms with E-state index in [0.29, 0.717) is 82.8 Å². The maximum Gasteiger partial charge on any atom is 0.305 e. The standard InChI is InChI=1S/C21H36O4.C20H34O4.C17H28O3/c1-17(2)14-15-25-21(24)13-11-9-7-5-6-8-10-12-20(19(4)23)16-18(3)22;1-16(2)15-24-20(23)13-11-9-7-5-6-8-10-12-19(18(4)22)14-17(3)21;1-14(18)11-9-7-5-4-6-8-10-12-17(16(3)20)13-15(2)19/h8,10,17,20H,5-7,9,11-16H2,1-4H3;8,10,16,19H,5-7,9,11-15H2,1-4H3;8,10,17H,4-7,9,11-13H2,1-3H3/b3*10-8+. The van der Waals surface area contributed by atoms with E-state index in [1.54, 1.807) is 27.7 Å². The highest BCUT2D eigenvalue weighted by atomic mass is 16.5. The van der Waals surface area contributed by atoms with E-state index < -0.39 is 0 Å². The Labute approximate surface area is 419 Å². The average Bonchev–Trinajstić information content (AvgIpc) is 3.24. The van der Waals surface area contributed by atoms with Crippen molar-refractivity contribution >= 4 is 52.4 Å². The van der Waals surface area contributed by atoms with Crippen LogP contribution < -0.4 is 0 Å². The van der Waals surface area contributed by atoms with Gasteiger partial charge in [0, 0.05) is 56.3 Å². The number of ether oxygens (including phenoxy) is 2. The predicted molar refractivity (Wildman–Crippen MR) is 280 cm³/mol.